The summed E-state index contributed by atoms with van der Waals surface area (Å²) in [5.41, 5.74) is 0.357. The number of halogens is 1. The Hall–Kier alpha value is -3.24. The van der Waals surface area contributed by atoms with Gasteiger partial charge in [-0.25, -0.2) is 0 Å². The number of morpholine rings is 1. The molecule has 1 fully saturated rings. The van der Waals surface area contributed by atoms with Gasteiger partial charge >= 0.3 is 0 Å². The molecule has 0 bridgehead atoms. The predicted octanol–water partition coefficient (Wildman–Crippen LogP) is 3.25. The third-order valence-electron chi connectivity index (χ3n) is 4.20. The van der Waals surface area contributed by atoms with Crippen LogP contribution in [0.5, 0.6) is 0 Å². The van der Waals surface area contributed by atoms with Gasteiger partial charge in [0.2, 0.25) is 0 Å². The molecule has 0 spiro atoms. The summed E-state index contributed by atoms with van der Waals surface area (Å²) >= 11 is 6.02. The van der Waals surface area contributed by atoms with Gasteiger partial charge in [-0.2, -0.15) is 0 Å². The molecule has 0 aromatic heterocycles. The Morgan fingerprint density at radius 3 is 2.25 bits per heavy atom. The third kappa shape index (κ3) is 4.18. The highest BCUT2D eigenvalue weighted by atomic mass is 35.5. The number of non-ortho nitro benzene ring substituents is 2. The van der Waals surface area contributed by atoms with Crippen LogP contribution in [0, 0.1) is 20.2 Å². The molecule has 10 nitrogen and oxygen atoms in total. The molecule has 0 aliphatic carbocycles. The largest absolute Gasteiger partial charge is 0.378 e. The average Bonchev–Trinajstić information content (AvgIpc) is 2.69. The first-order valence-electron chi connectivity index (χ1n) is 8.23. The summed E-state index contributed by atoms with van der Waals surface area (Å²) in [6.07, 6.45) is 0. The van der Waals surface area contributed by atoms with Gasteiger partial charge in [0.15, 0.2) is 0 Å². The number of amides is 1. The maximum absolute atomic E-state index is 12.8. The van der Waals surface area contributed by atoms with Gasteiger partial charge in [-0.3, -0.25) is 25.0 Å². The zero-order valence-corrected chi connectivity index (χ0v) is 15.2. The third-order valence-corrected chi connectivity index (χ3v) is 4.51. The molecule has 0 radical (unpaired) electrons. The average molecular weight is 407 g/mol. The highest BCUT2D eigenvalue weighted by Crippen LogP contribution is 2.30. The molecule has 1 saturated heterocycles. The number of anilines is 2. The van der Waals surface area contributed by atoms with Crippen LogP contribution in [0.1, 0.15) is 10.4 Å². The van der Waals surface area contributed by atoms with E-state index in [1.807, 2.05) is 4.90 Å². The van der Waals surface area contributed by atoms with E-state index in [0.717, 1.165) is 6.07 Å². The predicted molar refractivity (Wildman–Crippen MR) is 102 cm³/mol. The number of ether oxygens (including phenoxy) is 1. The first-order valence-corrected chi connectivity index (χ1v) is 8.61. The van der Waals surface area contributed by atoms with Crippen molar-refractivity contribution in [1.82, 2.24) is 0 Å². The fourth-order valence-electron chi connectivity index (χ4n) is 2.81. The Kier molecular flexibility index (Phi) is 5.71. The van der Waals surface area contributed by atoms with Gasteiger partial charge in [0.05, 0.1) is 45.0 Å². The van der Waals surface area contributed by atoms with Gasteiger partial charge in [-0.1, -0.05) is 11.6 Å². The minimum atomic E-state index is -0.610. The Labute approximate surface area is 164 Å². The van der Waals surface area contributed by atoms with Crippen LogP contribution in [0.2, 0.25) is 5.02 Å². The molecular weight excluding hydrogens is 392 g/mol. The highest BCUT2D eigenvalue weighted by molar-refractivity contribution is 6.34. The van der Waals surface area contributed by atoms with Crippen molar-refractivity contribution in [1.29, 1.82) is 0 Å². The smallest absolute Gasteiger partial charge is 0.271 e. The number of rotatable bonds is 5. The summed E-state index contributed by atoms with van der Waals surface area (Å²) in [4.78, 5) is 35.5. The Morgan fingerprint density at radius 1 is 1.04 bits per heavy atom. The lowest BCUT2D eigenvalue weighted by Gasteiger charge is -2.30. The van der Waals surface area contributed by atoms with Crippen molar-refractivity contribution < 1.29 is 19.4 Å². The van der Waals surface area contributed by atoms with Crippen molar-refractivity contribution in [2.75, 3.05) is 36.5 Å². The summed E-state index contributed by atoms with van der Waals surface area (Å²) in [6.45, 7) is 2.03. The minimum absolute atomic E-state index is 0.0131. The van der Waals surface area contributed by atoms with Gasteiger partial charge in [-0.15, -0.1) is 0 Å². The number of nitrogens with one attached hydrogen (secondary N) is 1. The molecule has 0 saturated carbocycles. The summed E-state index contributed by atoms with van der Waals surface area (Å²) < 4.78 is 5.30. The summed E-state index contributed by atoms with van der Waals surface area (Å²) in [5, 5.41) is 24.5. The van der Waals surface area contributed by atoms with Crippen molar-refractivity contribution in [3.63, 3.8) is 0 Å². The van der Waals surface area contributed by atoms with Gasteiger partial charge in [0.1, 0.15) is 0 Å². The van der Waals surface area contributed by atoms with E-state index in [4.69, 9.17) is 16.3 Å². The van der Waals surface area contributed by atoms with Crippen molar-refractivity contribution in [2.24, 2.45) is 0 Å². The van der Waals surface area contributed by atoms with Crippen LogP contribution in [0.4, 0.5) is 22.7 Å². The zero-order valence-electron chi connectivity index (χ0n) is 14.5. The van der Waals surface area contributed by atoms with Crippen LogP contribution in [0.25, 0.3) is 0 Å². The lowest BCUT2D eigenvalue weighted by Crippen LogP contribution is -2.37. The van der Waals surface area contributed by atoms with E-state index in [-0.39, 0.29) is 27.6 Å². The maximum atomic E-state index is 12.8. The standard InChI is InChI=1S/C17H15ClN4O6/c18-14-10-12(22(26)27)1-3-15(14)19-17(23)13-9-11(21(24)25)2-4-16(13)20-5-7-28-8-6-20/h1-4,9-10H,5-8H2,(H,19,23). The highest BCUT2D eigenvalue weighted by Gasteiger charge is 2.23. The number of hydrogen-bond donors (Lipinski definition) is 1. The van der Waals surface area contributed by atoms with Crippen molar-refractivity contribution in [3.8, 4) is 0 Å². The monoisotopic (exact) mass is 406 g/mol. The number of hydrogen-bond acceptors (Lipinski definition) is 7. The molecule has 146 valence electrons. The van der Waals surface area contributed by atoms with E-state index in [2.05, 4.69) is 5.32 Å². The van der Waals surface area contributed by atoms with Gasteiger partial charge in [-0.05, 0) is 12.1 Å². The summed E-state index contributed by atoms with van der Waals surface area (Å²) in [5.74, 6) is -0.610. The second kappa shape index (κ2) is 8.19. The maximum Gasteiger partial charge on any atom is 0.271 e. The van der Waals surface area contributed by atoms with Crippen molar-refractivity contribution >= 4 is 40.3 Å². The topological polar surface area (TPSA) is 128 Å². The fraction of sp³-hybridized carbons (Fsp3) is 0.235. The lowest BCUT2D eigenvalue weighted by molar-refractivity contribution is -0.385. The molecule has 0 atom stereocenters. The molecule has 11 heteroatoms. The second-order valence-electron chi connectivity index (χ2n) is 5.93. The molecular formula is C17H15ClN4O6. The first-order chi connectivity index (χ1) is 13.4. The molecule has 2 aromatic carbocycles. The minimum Gasteiger partial charge on any atom is -0.378 e. The quantitative estimate of drug-likeness (QED) is 0.596. The van der Waals surface area contributed by atoms with Crippen LogP contribution in [-0.2, 0) is 4.74 Å². The molecule has 2 aromatic rings. The van der Waals surface area contributed by atoms with E-state index in [9.17, 15) is 25.0 Å². The first kappa shape index (κ1) is 19.5. The lowest BCUT2D eigenvalue weighted by atomic mass is 10.1. The molecule has 3 rings (SSSR count). The molecule has 1 N–H and O–H groups in total. The van der Waals surface area contributed by atoms with E-state index in [0.29, 0.717) is 32.0 Å². The van der Waals surface area contributed by atoms with Crippen LogP contribution >= 0.6 is 11.6 Å². The number of nitro groups is 2. The van der Waals surface area contributed by atoms with Crippen molar-refractivity contribution in [2.45, 2.75) is 0 Å². The Bertz CT molecular complexity index is 945. The Balaban J connectivity index is 1.94. The molecule has 28 heavy (non-hydrogen) atoms. The van der Waals surface area contributed by atoms with Crippen LogP contribution in [0.3, 0.4) is 0 Å². The second-order valence-corrected chi connectivity index (χ2v) is 6.34. The number of benzene rings is 2. The normalized spacial score (nSPS) is 13.8. The Morgan fingerprint density at radius 2 is 1.64 bits per heavy atom. The van der Waals surface area contributed by atoms with Crippen LogP contribution < -0.4 is 10.2 Å². The molecule has 1 aliphatic heterocycles. The molecule has 1 heterocycles. The van der Waals surface area contributed by atoms with E-state index in [1.165, 1.54) is 30.3 Å². The zero-order chi connectivity index (χ0) is 20.3. The fourth-order valence-corrected chi connectivity index (χ4v) is 3.03. The number of nitro benzene ring substituents is 2. The number of carbonyl (C=O) groups excluding carboxylic acids is 1. The van der Waals surface area contributed by atoms with Crippen LogP contribution in [0.15, 0.2) is 36.4 Å². The van der Waals surface area contributed by atoms with Crippen molar-refractivity contribution in [3.05, 3.63) is 67.2 Å². The van der Waals surface area contributed by atoms with Gasteiger partial charge in [0.25, 0.3) is 17.3 Å². The summed E-state index contributed by atoms with van der Waals surface area (Å²) in [6, 6.07) is 7.69. The SMILES string of the molecule is O=C(Nc1ccc([N+](=O)[O-])cc1Cl)c1cc([N+](=O)[O-])ccc1N1CCOCC1. The summed E-state index contributed by atoms with van der Waals surface area (Å²) in [7, 11) is 0. The molecule has 1 amide bonds. The van der Waals surface area contributed by atoms with Gasteiger partial charge < -0.3 is 15.0 Å². The molecule has 1 aliphatic rings. The van der Waals surface area contributed by atoms with E-state index in [1.54, 1.807) is 0 Å². The van der Waals surface area contributed by atoms with Crippen LogP contribution in [-0.4, -0.2) is 42.1 Å². The van der Waals surface area contributed by atoms with E-state index < -0.39 is 15.8 Å². The van der Waals surface area contributed by atoms with E-state index >= 15 is 0 Å². The van der Waals surface area contributed by atoms with Gasteiger partial charge in [0, 0.05) is 37.4 Å². The number of nitrogens with zero attached hydrogens (tertiary/aromatic N) is 3. The molecule has 0 unspecified atom stereocenters. The number of carbonyl (C=O) groups is 1.